The fourth-order valence-electron chi connectivity index (χ4n) is 3.20. The van der Waals surface area contributed by atoms with Gasteiger partial charge in [0.15, 0.2) is 6.10 Å². The molecule has 172 valence electrons. The van der Waals surface area contributed by atoms with E-state index < -0.39 is 23.8 Å². The highest BCUT2D eigenvalue weighted by molar-refractivity contribution is 5.95. The molecule has 0 unspecified atom stereocenters. The number of rotatable bonds is 8. The Bertz CT molecular complexity index is 737. The summed E-state index contributed by atoms with van der Waals surface area (Å²) in [7, 11) is 0. The Morgan fingerprint density at radius 1 is 1.06 bits per heavy atom. The summed E-state index contributed by atoms with van der Waals surface area (Å²) in [6.45, 7) is 9.28. The number of amides is 2. The number of hydrogen-bond donors (Lipinski definition) is 2. The van der Waals surface area contributed by atoms with Gasteiger partial charge in [0.2, 0.25) is 0 Å². The molecule has 0 radical (unpaired) electrons. The van der Waals surface area contributed by atoms with E-state index in [1.165, 1.54) is 26.2 Å². The second-order valence-corrected chi connectivity index (χ2v) is 8.75. The lowest BCUT2D eigenvalue weighted by molar-refractivity contribution is -0.153. The van der Waals surface area contributed by atoms with Gasteiger partial charge in [-0.15, -0.1) is 0 Å². The van der Waals surface area contributed by atoms with Crippen LogP contribution in [0.4, 0.5) is 16.2 Å². The first-order valence-corrected chi connectivity index (χ1v) is 11.0. The topological polar surface area (TPSA) is 97.0 Å². The molecule has 1 atom stereocenters. The summed E-state index contributed by atoms with van der Waals surface area (Å²) in [5.41, 5.74) is 1.24. The van der Waals surface area contributed by atoms with Crippen molar-refractivity contribution in [2.75, 3.05) is 29.9 Å². The smallest absolute Gasteiger partial charge is 0.407 e. The Kier molecular flexibility index (Phi) is 9.15. The van der Waals surface area contributed by atoms with Crippen molar-refractivity contribution in [3.8, 4) is 0 Å². The lowest BCUT2D eigenvalue weighted by Crippen LogP contribution is -2.33. The minimum atomic E-state index is -0.909. The molecule has 1 fully saturated rings. The van der Waals surface area contributed by atoms with E-state index in [9.17, 15) is 14.4 Å². The number of alkyl carbamates (subject to hydrolysis) is 1. The van der Waals surface area contributed by atoms with Crippen molar-refractivity contribution >= 4 is 29.3 Å². The summed E-state index contributed by atoms with van der Waals surface area (Å²) >= 11 is 0. The van der Waals surface area contributed by atoms with Gasteiger partial charge in [0, 0.05) is 37.4 Å². The van der Waals surface area contributed by atoms with Crippen molar-refractivity contribution in [2.24, 2.45) is 0 Å². The molecule has 1 aromatic rings. The zero-order valence-corrected chi connectivity index (χ0v) is 19.0. The number of nitrogens with zero attached hydrogens (tertiary/aromatic N) is 1. The third-order valence-electron chi connectivity index (χ3n) is 4.76. The number of carbonyl (C=O) groups is 3. The molecule has 0 saturated carbocycles. The fraction of sp³-hybridized carbons (Fsp3) is 0.609. The average molecular weight is 434 g/mol. The normalized spacial score (nSPS) is 15.0. The minimum absolute atomic E-state index is 0.0952. The predicted molar refractivity (Wildman–Crippen MR) is 120 cm³/mol. The van der Waals surface area contributed by atoms with Gasteiger partial charge >= 0.3 is 12.1 Å². The van der Waals surface area contributed by atoms with Gasteiger partial charge in [-0.25, -0.2) is 4.79 Å². The highest BCUT2D eigenvalue weighted by atomic mass is 16.6. The number of ether oxygens (including phenoxy) is 2. The molecule has 2 rings (SSSR count). The second-order valence-electron chi connectivity index (χ2n) is 8.75. The number of esters is 1. The molecule has 0 aliphatic carbocycles. The van der Waals surface area contributed by atoms with Crippen molar-refractivity contribution in [1.82, 2.24) is 5.32 Å². The van der Waals surface area contributed by atoms with Crippen LogP contribution in [0.15, 0.2) is 24.3 Å². The van der Waals surface area contributed by atoms with Crippen LogP contribution < -0.4 is 15.5 Å². The molecule has 1 heterocycles. The van der Waals surface area contributed by atoms with E-state index in [4.69, 9.17) is 9.47 Å². The van der Waals surface area contributed by atoms with Gasteiger partial charge in [-0.3, -0.25) is 9.59 Å². The number of anilines is 2. The van der Waals surface area contributed by atoms with E-state index in [-0.39, 0.29) is 18.9 Å². The lowest BCUT2D eigenvalue weighted by Gasteiger charge is -2.28. The molecule has 1 aliphatic heterocycles. The first-order valence-electron chi connectivity index (χ1n) is 11.0. The Morgan fingerprint density at radius 2 is 1.71 bits per heavy atom. The Labute approximate surface area is 184 Å². The third kappa shape index (κ3) is 9.27. The summed E-state index contributed by atoms with van der Waals surface area (Å²) < 4.78 is 10.3. The van der Waals surface area contributed by atoms with Gasteiger partial charge in [-0.1, -0.05) is 0 Å². The van der Waals surface area contributed by atoms with Crippen LogP contribution in [-0.2, 0) is 19.1 Å². The van der Waals surface area contributed by atoms with E-state index in [1.807, 2.05) is 24.3 Å². The highest BCUT2D eigenvalue weighted by Crippen LogP contribution is 2.22. The van der Waals surface area contributed by atoms with Gasteiger partial charge in [-0.05, 0) is 77.6 Å². The molecular formula is C23H35N3O5. The van der Waals surface area contributed by atoms with Gasteiger partial charge in [0.25, 0.3) is 5.91 Å². The van der Waals surface area contributed by atoms with Crippen LogP contribution in [0.5, 0.6) is 0 Å². The molecule has 2 N–H and O–H groups in total. The second kappa shape index (κ2) is 11.6. The zero-order chi connectivity index (χ0) is 22.9. The van der Waals surface area contributed by atoms with E-state index >= 15 is 0 Å². The summed E-state index contributed by atoms with van der Waals surface area (Å²) in [6, 6.07) is 7.71. The monoisotopic (exact) mass is 433 g/mol. The maximum Gasteiger partial charge on any atom is 0.407 e. The summed E-state index contributed by atoms with van der Waals surface area (Å²) in [5.74, 6) is -0.875. The third-order valence-corrected chi connectivity index (χ3v) is 4.76. The number of hydrogen-bond acceptors (Lipinski definition) is 6. The fourth-order valence-corrected chi connectivity index (χ4v) is 3.20. The molecule has 0 spiro atoms. The van der Waals surface area contributed by atoms with Crippen molar-refractivity contribution in [1.29, 1.82) is 0 Å². The van der Waals surface area contributed by atoms with Gasteiger partial charge < -0.3 is 25.0 Å². The van der Waals surface area contributed by atoms with Crippen molar-refractivity contribution in [2.45, 2.75) is 71.5 Å². The van der Waals surface area contributed by atoms with Crippen LogP contribution in [0.25, 0.3) is 0 Å². The van der Waals surface area contributed by atoms with E-state index in [1.54, 1.807) is 20.8 Å². The van der Waals surface area contributed by atoms with Crippen molar-refractivity contribution in [3.05, 3.63) is 24.3 Å². The Hall–Kier alpha value is -2.77. The lowest BCUT2D eigenvalue weighted by atomic mass is 10.1. The van der Waals surface area contributed by atoms with Crippen LogP contribution in [0.1, 0.15) is 59.8 Å². The SMILES string of the molecule is C[C@H](OC(=O)CCCNC(=O)OC(C)(C)C)C(=O)Nc1ccc(N2CCCCC2)cc1. The first kappa shape index (κ1) is 24.5. The molecular weight excluding hydrogens is 398 g/mol. The van der Waals surface area contributed by atoms with Crippen LogP contribution in [0.2, 0.25) is 0 Å². The zero-order valence-electron chi connectivity index (χ0n) is 19.0. The van der Waals surface area contributed by atoms with Crippen LogP contribution >= 0.6 is 0 Å². The summed E-state index contributed by atoms with van der Waals surface area (Å²) in [6.07, 6.45) is 2.74. The van der Waals surface area contributed by atoms with E-state index in [0.717, 1.165) is 18.8 Å². The maximum atomic E-state index is 12.3. The summed E-state index contributed by atoms with van der Waals surface area (Å²) in [5, 5.41) is 5.35. The standard InChI is InChI=1S/C23H35N3O5/c1-17(30-20(27)9-8-14-24-22(29)31-23(2,3)4)21(28)25-18-10-12-19(13-11-18)26-15-6-5-7-16-26/h10-13,17H,5-9,14-16H2,1-4H3,(H,24,29)(H,25,28)/t17-/m0/s1. The number of piperidine rings is 1. The van der Waals surface area contributed by atoms with Gasteiger partial charge in [-0.2, -0.15) is 0 Å². The first-order chi connectivity index (χ1) is 14.6. The molecule has 31 heavy (non-hydrogen) atoms. The molecule has 1 aromatic carbocycles. The van der Waals surface area contributed by atoms with Crippen LogP contribution in [-0.4, -0.2) is 49.3 Å². The molecule has 8 heteroatoms. The number of carbonyl (C=O) groups excluding carboxylic acids is 3. The molecule has 8 nitrogen and oxygen atoms in total. The Morgan fingerprint density at radius 3 is 2.32 bits per heavy atom. The average Bonchev–Trinajstić information content (AvgIpc) is 2.71. The largest absolute Gasteiger partial charge is 0.453 e. The Balaban J connectivity index is 1.68. The molecule has 0 bridgehead atoms. The van der Waals surface area contributed by atoms with E-state index in [0.29, 0.717) is 12.1 Å². The molecule has 2 amide bonds. The van der Waals surface area contributed by atoms with Crippen LogP contribution in [0, 0.1) is 0 Å². The number of benzene rings is 1. The van der Waals surface area contributed by atoms with Crippen LogP contribution in [0.3, 0.4) is 0 Å². The van der Waals surface area contributed by atoms with Crippen molar-refractivity contribution in [3.63, 3.8) is 0 Å². The molecule has 0 aromatic heterocycles. The highest BCUT2D eigenvalue weighted by Gasteiger charge is 2.19. The maximum absolute atomic E-state index is 12.3. The molecule has 1 saturated heterocycles. The number of nitrogens with one attached hydrogen (secondary N) is 2. The molecule has 1 aliphatic rings. The summed E-state index contributed by atoms with van der Waals surface area (Å²) in [4.78, 5) is 38.2. The van der Waals surface area contributed by atoms with E-state index in [2.05, 4.69) is 15.5 Å². The van der Waals surface area contributed by atoms with Crippen molar-refractivity contribution < 1.29 is 23.9 Å². The van der Waals surface area contributed by atoms with Gasteiger partial charge in [0.05, 0.1) is 0 Å². The predicted octanol–water partition coefficient (Wildman–Crippen LogP) is 3.85. The quantitative estimate of drug-likeness (QED) is 0.477. The minimum Gasteiger partial charge on any atom is -0.453 e. The van der Waals surface area contributed by atoms with Gasteiger partial charge in [0.1, 0.15) is 5.60 Å².